The van der Waals surface area contributed by atoms with Gasteiger partial charge in [0, 0.05) is 5.38 Å². The van der Waals surface area contributed by atoms with Gasteiger partial charge in [0.1, 0.15) is 5.69 Å². The van der Waals surface area contributed by atoms with E-state index >= 15 is 0 Å². The first kappa shape index (κ1) is 14.7. The Hall–Kier alpha value is -2.20. The molecule has 0 fully saturated rings. The van der Waals surface area contributed by atoms with E-state index < -0.39 is 17.8 Å². The molecule has 0 aliphatic heterocycles. The maximum Gasteiger partial charge on any atom is 0.433 e. The van der Waals surface area contributed by atoms with Crippen LogP contribution in [0.25, 0.3) is 15.7 Å². The molecular formula is C12H6F3N3O2S2. The number of carbonyl (C=O) groups is 1. The predicted octanol–water partition coefficient (Wildman–Crippen LogP) is 3.77. The standard InChI is InChI=1S/C12H6F3N3O2S2/c13-12(14,15)9-4-6(8-2-1-3-21-8)17-18(9)11-16-7(5-22-11)10(19)20/h1-5H,(H,19,20). The Bertz CT molecular complexity index is 821. The van der Waals surface area contributed by atoms with Crippen LogP contribution < -0.4 is 0 Å². The number of carboxylic acid groups (broad SMARTS) is 1. The first-order chi connectivity index (χ1) is 10.4. The van der Waals surface area contributed by atoms with Crippen molar-refractivity contribution in [2.75, 3.05) is 0 Å². The highest BCUT2D eigenvalue weighted by atomic mass is 32.1. The van der Waals surface area contributed by atoms with Gasteiger partial charge in [0.2, 0.25) is 5.13 Å². The second kappa shape index (κ2) is 5.21. The third-order valence-corrected chi connectivity index (χ3v) is 4.37. The van der Waals surface area contributed by atoms with Gasteiger partial charge in [0.25, 0.3) is 0 Å². The molecule has 3 rings (SSSR count). The molecule has 0 saturated heterocycles. The van der Waals surface area contributed by atoms with E-state index in [0.717, 1.165) is 17.4 Å². The van der Waals surface area contributed by atoms with Crippen molar-refractivity contribution in [1.82, 2.24) is 14.8 Å². The summed E-state index contributed by atoms with van der Waals surface area (Å²) in [5.74, 6) is -1.30. The van der Waals surface area contributed by atoms with E-state index in [1.165, 1.54) is 16.7 Å². The Morgan fingerprint density at radius 1 is 1.32 bits per heavy atom. The number of hydrogen-bond acceptors (Lipinski definition) is 5. The SMILES string of the molecule is O=C(O)c1csc(-n2nc(-c3cccs3)cc2C(F)(F)F)n1. The topological polar surface area (TPSA) is 68.0 Å². The molecule has 3 aromatic heterocycles. The molecule has 0 radical (unpaired) electrons. The van der Waals surface area contributed by atoms with Crippen molar-refractivity contribution in [2.45, 2.75) is 6.18 Å². The van der Waals surface area contributed by atoms with E-state index in [4.69, 9.17) is 5.11 Å². The fourth-order valence-electron chi connectivity index (χ4n) is 1.73. The van der Waals surface area contributed by atoms with Crippen LogP contribution in [-0.4, -0.2) is 25.8 Å². The number of hydrogen-bond donors (Lipinski definition) is 1. The van der Waals surface area contributed by atoms with Crippen LogP contribution in [0.1, 0.15) is 16.2 Å². The van der Waals surface area contributed by atoms with Gasteiger partial charge in [-0.05, 0) is 17.5 Å². The maximum absolute atomic E-state index is 13.2. The van der Waals surface area contributed by atoms with Crippen molar-refractivity contribution in [1.29, 1.82) is 0 Å². The van der Waals surface area contributed by atoms with Gasteiger partial charge in [0.15, 0.2) is 11.4 Å². The number of carboxylic acids is 1. The minimum absolute atomic E-state index is 0.146. The summed E-state index contributed by atoms with van der Waals surface area (Å²) >= 11 is 2.04. The summed E-state index contributed by atoms with van der Waals surface area (Å²) in [5.41, 5.74) is -1.15. The second-order valence-electron chi connectivity index (χ2n) is 4.12. The molecule has 0 aliphatic rings. The molecule has 5 nitrogen and oxygen atoms in total. The Kier molecular flexibility index (Phi) is 3.49. The van der Waals surface area contributed by atoms with Gasteiger partial charge in [0.05, 0.1) is 4.88 Å². The second-order valence-corrected chi connectivity index (χ2v) is 5.91. The van der Waals surface area contributed by atoms with Gasteiger partial charge >= 0.3 is 12.1 Å². The zero-order valence-corrected chi connectivity index (χ0v) is 12.2. The van der Waals surface area contributed by atoms with Gasteiger partial charge < -0.3 is 5.11 Å². The minimum atomic E-state index is -4.63. The molecule has 0 amide bonds. The van der Waals surface area contributed by atoms with E-state index in [-0.39, 0.29) is 16.5 Å². The quantitative estimate of drug-likeness (QED) is 0.784. The van der Waals surface area contributed by atoms with E-state index in [1.54, 1.807) is 17.5 Å². The zero-order chi connectivity index (χ0) is 15.9. The lowest BCUT2D eigenvalue weighted by atomic mass is 10.3. The Morgan fingerprint density at radius 2 is 2.09 bits per heavy atom. The smallest absolute Gasteiger partial charge is 0.433 e. The molecule has 0 aliphatic carbocycles. The molecule has 114 valence electrons. The maximum atomic E-state index is 13.2. The normalized spacial score (nSPS) is 11.8. The minimum Gasteiger partial charge on any atom is -0.476 e. The number of thiazole rings is 1. The summed E-state index contributed by atoms with van der Waals surface area (Å²) in [7, 11) is 0. The summed E-state index contributed by atoms with van der Waals surface area (Å²) < 4.78 is 40.1. The summed E-state index contributed by atoms with van der Waals surface area (Å²) in [6.45, 7) is 0. The Balaban J connectivity index is 2.14. The molecule has 0 unspecified atom stereocenters. The van der Waals surface area contributed by atoms with Crippen LogP contribution in [0, 0.1) is 0 Å². The molecule has 0 saturated carbocycles. The van der Waals surface area contributed by atoms with Crippen LogP contribution in [0.2, 0.25) is 0 Å². The molecule has 3 aromatic rings. The van der Waals surface area contributed by atoms with E-state index in [1.807, 2.05) is 0 Å². The van der Waals surface area contributed by atoms with Gasteiger partial charge in [-0.3, -0.25) is 0 Å². The molecule has 22 heavy (non-hydrogen) atoms. The van der Waals surface area contributed by atoms with Gasteiger partial charge in [-0.25, -0.2) is 14.5 Å². The molecular weight excluding hydrogens is 339 g/mol. The highest BCUT2D eigenvalue weighted by Crippen LogP contribution is 2.35. The molecule has 0 atom stereocenters. The van der Waals surface area contributed by atoms with Crippen LogP contribution in [0.3, 0.4) is 0 Å². The first-order valence-corrected chi connectivity index (χ1v) is 7.52. The molecule has 10 heteroatoms. The monoisotopic (exact) mass is 345 g/mol. The average molecular weight is 345 g/mol. The number of alkyl halides is 3. The number of rotatable bonds is 3. The third kappa shape index (κ3) is 2.62. The summed E-state index contributed by atoms with van der Waals surface area (Å²) in [5, 5.41) is 15.5. The number of thiophene rings is 1. The van der Waals surface area contributed by atoms with Crippen LogP contribution in [0.4, 0.5) is 13.2 Å². The van der Waals surface area contributed by atoms with E-state index in [0.29, 0.717) is 9.56 Å². The Labute approximate surface area is 129 Å². The summed E-state index contributed by atoms with van der Waals surface area (Å²) in [4.78, 5) is 15.1. The average Bonchev–Trinajstić information content (AvgIpc) is 3.17. The van der Waals surface area contributed by atoms with Crippen LogP contribution >= 0.6 is 22.7 Å². The van der Waals surface area contributed by atoms with Gasteiger partial charge in [-0.1, -0.05) is 6.07 Å². The number of halogens is 3. The summed E-state index contributed by atoms with van der Waals surface area (Å²) in [6.07, 6.45) is -4.63. The Morgan fingerprint density at radius 3 is 2.64 bits per heavy atom. The number of aromatic nitrogens is 3. The molecule has 3 heterocycles. The van der Waals surface area contributed by atoms with Crippen molar-refractivity contribution in [3.8, 4) is 15.7 Å². The highest BCUT2D eigenvalue weighted by Gasteiger charge is 2.37. The van der Waals surface area contributed by atoms with Crippen molar-refractivity contribution >= 4 is 28.6 Å². The first-order valence-electron chi connectivity index (χ1n) is 5.76. The van der Waals surface area contributed by atoms with Crippen molar-refractivity contribution in [2.24, 2.45) is 0 Å². The fourth-order valence-corrected chi connectivity index (χ4v) is 3.18. The van der Waals surface area contributed by atoms with Crippen molar-refractivity contribution in [3.63, 3.8) is 0 Å². The fraction of sp³-hybridized carbons (Fsp3) is 0.0833. The molecule has 0 spiro atoms. The lowest BCUT2D eigenvalue weighted by molar-refractivity contribution is -0.142. The van der Waals surface area contributed by atoms with Gasteiger partial charge in [-0.15, -0.1) is 22.7 Å². The highest BCUT2D eigenvalue weighted by molar-refractivity contribution is 7.13. The van der Waals surface area contributed by atoms with Crippen LogP contribution in [0.5, 0.6) is 0 Å². The lowest BCUT2D eigenvalue weighted by Gasteiger charge is -2.06. The van der Waals surface area contributed by atoms with Crippen LogP contribution in [0.15, 0.2) is 29.0 Å². The van der Waals surface area contributed by atoms with E-state index in [9.17, 15) is 18.0 Å². The van der Waals surface area contributed by atoms with E-state index in [2.05, 4.69) is 10.1 Å². The zero-order valence-electron chi connectivity index (χ0n) is 10.5. The molecule has 0 bridgehead atoms. The largest absolute Gasteiger partial charge is 0.476 e. The lowest BCUT2D eigenvalue weighted by Crippen LogP contribution is -2.13. The number of nitrogens with zero attached hydrogens (tertiary/aromatic N) is 3. The van der Waals surface area contributed by atoms with Gasteiger partial charge in [-0.2, -0.15) is 18.3 Å². The summed E-state index contributed by atoms with van der Waals surface area (Å²) in [6, 6.07) is 4.29. The molecule has 0 aromatic carbocycles. The van der Waals surface area contributed by atoms with Crippen molar-refractivity contribution < 1.29 is 23.1 Å². The van der Waals surface area contributed by atoms with Crippen molar-refractivity contribution in [3.05, 3.63) is 40.3 Å². The van der Waals surface area contributed by atoms with Crippen LogP contribution in [-0.2, 0) is 6.18 Å². The predicted molar refractivity (Wildman–Crippen MR) is 74.5 cm³/mol. The molecule has 1 N–H and O–H groups in total. The number of aromatic carboxylic acids is 1. The third-order valence-electron chi connectivity index (χ3n) is 2.67.